The molecule has 2 atom stereocenters. The molecule has 2 aromatic carbocycles. The molecule has 4 heteroatoms. The number of likely N-dealkylation sites (tertiary alicyclic amines) is 2. The summed E-state index contributed by atoms with van der Waals surface area (Å²) >= 11 is 0. The van der Waals surface area contributed by atoms with E-state index in [2.05, 4.69) is 35.2 Å². The average Bonchev–Trinajstić information content (AvgIpc) is 3.11. The number of carbonyl (C=O) groups excluding carboxylic acids is 1. The maximum Gasteiger partial charge on any atom is 0.227 e. The lowest BCUT2D eigenvalue weighted by Gasteiger charge is -2.30. The largest absolute Gasteiger partial charge is 0.396 e. The zero-order chi connectivity index (χ0) is 18.6. The highest BCUT2D eigenvalue weighted by molar-refractivity contribution is 5.85. The molecule has 144 valence electrons. The van der Waals surface area contributed by atoms with Crippen molar-refractivity contribution in [2.45, 2.75) is 25.7 Å². The summed E-state index contributed by atoms with van der Waals surface area (Å²) < 4.78 is 0. The molecule has 0 unspecified atom stereocenters. The highest BCUT2D eigenvalue weighted by atomic mass is 16.3. The lowest BCUT2D eigenvalue weighted by Crippen LogP contribution is -2.37. The number of rotatable bonds is 5. The number of nitrogens with zero attached hydrogens (tertiary/aromatic N) is 2. The zero-order valence-electron chi connectivity index (χ0n) is 16.0. The molecule has 2 aromatic rings. The van der Waals surface area contributed by atoms with Gasteiger partial charge in [-0.15, -0.1) is 0 Å². The van der Waals surface area contributed by atoms with Crippen molar-refractivity contribution >= 4 is 16.7 Å². The molecule has 0 bridgehead atoms. The molecule has 1 amide bonds. The Morgan fingerprint density at radius 2 is 1.70 bits per heavy atom. The Labute approximate surface area is 161 Å². The first kappa shape index (κ1) is 18.5. The Morgan fingerprint density at radius 3 is 2.48 bits per heavy atom. The molecule has 0 radical (unpaired) electrons. The third kappa shape index (κ3) is 4.33. The Bertz CT molecular complexity index is 785. The quantitative estimate of drug-likeness (QED) is 0.885. The molecule has 27 heavy (non-hydrogen) atoms. The van der Waals surface area contributed by atoms with E-state index < -0.39 is 0 Å². The summed E-state index contributed by atoms with van der Waals surface area (Å²) in [6.45, 7) is 5.01. The molecule has 2 fully saturated rings. The summed E-state index contributed by atoms with van der Waals surface area (Å²) in [5.74, 6) is 0.797. The van der Waals surface area contributed by atoms with E-state index in [9.17, 15) is 9.90 Å². The van der Waals surface area contributed by atoms with Crippen LogP contribution in [0, 0.1) is 11.8 Å². The molecule has 0 saturated carbocycles. The van der Waals surface area contributed by atoms with Crippen LogP contribution in [0.5, 0.6) is 0 Å². The summed E-state index contributed by atoms with van der Waals surface area (Å²) in [4.78, 5) is 17.4. The molecule has 0 aliphatic carbocycles. The van der Waals surface area contributed by atoms with Gasteiger partial charge in [0.15, 0.2) is 0 Å². The van der Waals surface area contributed by atoms with Gasteiger partial charge >= 0.3 is 0 Å². The molecular weight excluding hydrogens is 336 g/mol. The highest BCUT2D eigenvalue weighted by Gasteiger charge is 2.35. The van der Waals surface area contributed by atoms with Crippen LogP contribution in [0.25, 0.3) is 10.8 Å². The van der Waals surface area contributed by atoms with Crippen LogP contribution < -0.4 is 0 Å². The predicted octanol–water partition coefficient (Wildman–Crippen LogP) is 2.94. The second-order valence-corrected chi connectivity index (χ2v) is 8.22. The second-order valence-electron chi connectivity index (χ2n) is 8.22. The number of hydrogen-bond donors (Lipinski definition) is 1. The van der Waals surface area contributed by atoms with E-state index >= 15 is 0 Å². The number of benzene rings is 2. The minimum atomic E-state index is 0.179. The van der Waals surface area contributed by atoms with Gasteiger partial charge in [0.05, 0.1) is 6.42 Å². The topological polar surface area (TPSA) is 43.8 Å². The fourth-order valence-electron chi connectivity index (χ4n) is 4.66. The molecule has 2 aliphatic rings. The number of aliphatic hydroxyl groups excluding tert-OH is 1. The van der Waals surface area contributed by atoms with Gasteiger partial charge in [-0.25, -0.2) is 0 Å². The Hall–Kier alpha value is -1.91. The van der Waals surface area contributed by atoms with Crippen molar-refractivity contribution in [1.82, 2.24) is 9.80 Å². The lowest BCUT2D eigenvalue weighted by atomic mass is 9.95. The molecule has 0 aromatic heterocycles. The lowest BCUT2D eigenvalue weighted by molar-refractivity contribution is -0.129. The van der Waals surface area contributed by atoms with E-state index in [0.29, 0.717) is 18.9 Å². The van der Waals surface area contributed by atoms with E-state index in [4.69, 9.17) is 0 Å². The molecule has 1 N–H and O–H groups in total. The molecule has 2 heterocycles. The Balaban J connectivity index is 1.39. The van der Waals surface area contributed by atoms with Crippen LogP contribution in [0.2, 0.25) is 0 Å². The van der Waals surface area contributed by atoms with Crippen LogP contribution in [-0.2, 0) is 11.2 Å². The monoisotopic (exact) mass is 366 g/mol. The van der Waals surface area contributed by atoms with Crippen molar-refractivity contribution in [3.63, 3.8) is 0 Å². The van der Waals surface area contributed by atoms with Gasteiger partial charge in [0.25, 0.3) is 0 Å². The first-order valence-electron chi connectivity index (χ1n) is 10.3. The number of hydrogen-bond acceptors (Lipinski definition) is 3. The fourth-order valence-corrected chi connectivity index (χ4v) is 4.66. The smallest absolute Gasteiger partial charge is 0.227 e. The van der Waals surface area contributed by atoms with Crippen molar-refractivity contribution in [1.29, 1.82) is 0 Å². The fraction of sp³-hybridized carbons (Fsp3) is 0.522. The van der Waals surface area contributed by atoms with E-state index in [1.54, 1.807) is 0 Å². The van der Waals surface area contributed by atoms with Crippen molar-refractivity contribution in [2.24, 2.45) is 11.8 Å². The van der Waals surface area contributed by atoms with E-state index in [1.165, 1.54) is 43.1 Å². The van der Waals surface area contributed by atoms with Crippen LogP contribution in [0.3, 0.4) is 0 Å². The SMILES string of the molecule is O=C(Cc1ccc2ccccc2c1)N1C[C@@H](CN2CCCCC2)[C@@H](CO)C1. The van der Waals surface area contributed by atoms with Gasteiger partial charge in [-0.3, -0.25) is 4.79 Å². The van der Waals surface area contributed by atoms with Crippen LogP contribution in [-0.4, -0.2) is 60.1 Å². The van der Waals surface area contributed by atoms with Gasteiger partial charge in [0.1, 0.15) is 0 Å². The minimum Gasteiger partial charge on any atom is -0.396 e. The van der Waals surface area contributed by atoms with Crippen LogP contribution in [0.15, 0.2) is 42.5 Å². The first-order chi connectivity index (χ1) is 13.2. The maximum atomic E-state index is 12.9. The number of aliphatic hydroxyl groups is 1. The molecule has 2 aliphatic heterocycles. The van der Waals surface area contributed by atoms with E-state index in [1.807, 2.05) is 17.0 Å². The van der Waals surface area contributed by atoms with Crippen LogP contribution in [0.4, 0.5) is 0 Å². The Kier molecular flexibility index (Phi) is 5.74. The summed E-state index contributed by atoms with van der Waals surface area (Å²) in [6.07, 6.45) is 4.34. The van der Waals surface area contributed by atoms with Crippen molar-refractivity contribution < 1.29 is 9.90 Å². The van der Waals surface area contributed by atoms with Gasteiger partial charge < -0.3 is 14.9 Å². The molecule has 2 saturated heterocycles. The van der Waals surface area contributed by atoms with Gasteiger partial charge in [0, 0.05) is 32.2 Å². The number of fused-ring (bicyclic) bond motifs is 1. The summed E-state index contributed by atoms with van der Waals surface area (Å²) in [5, 5.41) is 12.2. The van der Waals surface area contributed by atoms with Crippen molar-refractivity contribution in [2.75, 3.05) is 39.3 Å². The summed E-state index contributed by atoms with van der Waals surface area (Å²) in [5.41, 5.74) is 1.07. The zero-order valence-corrected chi connectivity index (χ0v) is 16.0. The average molecular weight is 367 g/mol. The minimum absolute atomic E-state index is 0.179. The molecule has 4 nitrogen and oxygen atoms in total. The van der Waals surface area contributed by atoms with Gasteiger partial charge in [-0.05, 0) is 48.2 Å². The van der Waals surface area contributed by atoms with Gasteiger partial charge in [-0.2, -0.15) is 0 Å². The number of amides is 1. The molecular formula is C23H30N2O2. The number of piperidine rings is 1. The van der Waals surface area contributed by atoms with E-state index in [0.717, 1.165) is 18.7 Å². The number of carbonyl (C=O) groups is 1. The van der Waals surface area contributed by atoms with Crippen LogP contribution >= 0.6 is 0 Å². The van der Waals surface area contributed by atoms with Crippen molar-refractivity contribution in [3.05, 3.63) is 48.0 Å². The summed E-state index contributed by atoms with van der Waals surface area (Å²) in [7, 11) is 0. The predicted molar refractivity (Wildman–Crippen MR) is 109 cm³/mol. The first-order valence-corrected chi connectivity index (χ1v) is 10.3. The van der Waals surface area contributed by atoms with E-state index in [-0.39, 0.29) is 18.4 Å². The van der Waals surface area contributed by atoms with Gasteiger partial charge in [0.2, 0.25) is 5.91 Å². The Morgan fingerprint density at radius 1 is 0.963 bits per heavy atom. The van der Waals surface area contributed by atoms with Crippen molar-refractivity contribution in [3.8, 4) is 0 Å². The van der Waals surface area contributed by atoms with Gasteiger partial charge in [-0.1, -0.05) is 48.9 Å². The summed E-state index contributed by atoms with van der Waals surface area (Å²) in [6, 6.07) is 14.5. The third-order valence-corrected chi connectivity index (χ3v) is 6.27. The highest BCUT2D eigenvalue weighted by Crippen LogP contribution is 2.26. The normalized spacial score (nSPS) is 23.8. The second kappa shape index (κ2) is 8.41. The molecule has 4 rings (SSSR count). The third-order valence-electron chi connectivity index (χ3n) is 6.27. The maximum absolute atomic E-state index is 12.9. The standard InChI is InChI=1S/C23H30N2O2/c26-17-22-16-25(15-21(22)14-24-10-4-1-5-11-24)23(27)13-18-8-9-19-6-2-3-7-20(19)12-18/h2-3,6-9,12,21-22,26H,1,4-5,10-11,13-17H2/t21-,22-/m1/s1. The van der Waals surface area contributed by atoms with Crippen LogP contribution in [0.1, 0.15) is 24.8 Å². The molecule has 0 spiro atoms.